The number of rotatable bonds is 4. The van der Waals surface area contributed by atoms with Crippen molar-refractivity contribution >= 4 is 17.7 Å². The van der Waals surface area contributed by atoms with Crippen molar-refractivity contribution in [2.75, 3.05) is 5.32 Å². The van der Waals surface area contributed by atoms with Crippen molar-refractivity contribution < 1.29 is 19.8 Å². The topological polar surface area (TPSA) is 99.5 Å². The molecule has 1 amide bonds. The fourth-order valence-electron chi connectivity index (χ4n) is 1.57. The number of aliphatic hydroxyl groups excluding tert-OH is 1. The third kappa shape index (κ3) is 3.18. The minimum absolute atomic E-state index is 0.0931. The molecule has 0 saturated heterocycles. The van der Waals surface area contributed by atoms with Crippen LogP contribution in [-0.2, 0) is 6.61 Å². The summed E-state index contributed by atoms with van der Waals surface area (Å²) in [5.41, 5.74) is 0.954. The molecule has 1 heterocycles. The number of amides is 1. The Labute approximate surface area is 114 Å². The van der Waals surface area contributed by atoms with E-state index in [1.807, 2.05) is 0 Å². The standard InChI is InChI=1S/C14H12N2O4/c17-8-9-4-6-10(7-5-9)13(18)16-12-3-1-2-11(15-12)14(19)20/h1-7,17H,8H2,(H,19,20)(H,15,16,18). The number of aliphatic hydroxyl groups is 1. The summed E-state index contributed by atoms with van der Waals surface area (Å²) in [7, 11) is 0. The SMILES string of the molecule is O=C(Nc1cccc(C(=O)O)n1)c1ccc(CO)cc1. The first-order chi connectivity index (χ1) is 9.60. The molecule has 0 aliphatic rings. The Hall–Kier alpha value is -2.73. The molecule has 0 aliphatic heterocycles. The van der Waals surface area contributed by atoms with Gasteiger partial charge in [-0.15, -0.1) is 0 Å². The number of aromatic carboxylic acids is 1. The highest BCUT2D eigenvalue weighted by Gasteiger charge is 2.09. The highest BCUT2D eigenvalue weighted by molar-refractivity contribution is 6.04. The molecule has 1 aromatic carbocycles. The number of carbonyl (C=O) groups excluding carboxylic acids is 1. The first-order valence-corrected chi connectivity index (χ1v) is 5.81. The Morgan fingerprint density at radius 3 is 2.40 bits per heavy atom. The second kappa shape index (κ2) is 5.94. The molecular weight excluding hydrogens is 260 g/mol. The minimum Gasteiger partial charge on any atom is -0.477 e. The van der Waals surface area contributed by atoms with Crippen LogP contribution in [0.15, 0.2) is 42.5 Å². The second-order valence-corrected chi connectivity index (χ2v) is 4.02. The molecule has 3 N–H and O–H groups in total. The zero-order chi connectivity index (χ0) is 14.5. The number of anilines is 1. The Kier molecular flexibility index (Phi) is 4.07. The molecule has 0 unspecified atom stereocenters. The van der Waals surface area contributed by atoms with Crippen LogP contribution in [0.5, 0.6) is 0 Å². The van der Waals surface area contributed by atoms with Crippen LogP contribution in [-0.4, -0.2) is 27.1 Å². The van der Waals surface area contributed by atoms with E-state index in [4.69, 9.17) is 10.2 Å². The lowest BCUT2D eigenvalue weighted by atomic mass is 10.1. The maximum absolute atomic E-state index is 11.9. The number of carboxylic acids is 1. The van der Waals surface area contributed by atoms with Gasteiger partial charge in [0.15, 0.2) is 5.69 Å². The van der Waals surface area contributed by atoms with E-state index in [0.717, 1.165) is 0 Å². The molecule has 0 aliphatic carbocycles. The number of nitrogens with one attached hydrogen (secondary N) is 1. The quantitative estimate of drug-likeness (QED) is 0.783. The zero-order valence-electron chi connectivity index (χ0n) is 10.4. The van der Waals surface area contributed by atoms with E-state index in [9.17, 15) is 9.59 Å². The number of carboxylic acid groups (broad SMARTS) is 1. The summed E-state index contributed by atoms with van der Waals surface area (Å²) in [6.45, 7) is -0.0931. The maximum Gasteiger partial charge on any atom is 0.354 e. The van der Waals surface area contributed by atoms with E-state index in [2.05, 4.69) is 10.3 Å². The van der Waals surface area contributed by atoms with Crippen LogP contribution < -0.4 is 5.32 Å². The van der Waals surface area contributed by atoms with Crippen LogP contribution in [0.2, 0.25) is 0 Å². The second-order valence-electron chi connectivity index (χ2n) is 4.02. The van der Waals surface area contributed by atoms with Crippen molar-refractivity contribution in [3.8, 4) is 0 Å². The highest BCUT2D eigenvalue weighted by atomic mass is 16.4. The van der Waals surface area contributed by atoms with Crippen molar-refractivity contribution in [2.45, 2.75) is 6.61 Å². The molecular formula is C14H12N2O4. The molecule has 0 radical (unpaired) electrons. The molecule has 20 heavy (non-hydrogen) atoms. The lowest BCUT2D eigenvalue weighted by Crippen LogP contribution is -2.14. The number of nitrogens with zero attached hydrogens (tertiary/aromatic N) is 1. The van der Waals surface area contributed by atoms with Gasteiger partial charge in [-0.25, -0.2) is 9.78 Å². The Morgan fingerprint density at radius 2 is 1.80 bits per heavy atom. The van der Waals surface area contributed by atoms with Crippen LogP contribution >= 0.6 is 0 Å². The van der Waals surface area contributed by atoms with Gasteiger partial charge in [0.2, 0.25) is 0 Å². The summed E-state index contributed by atoms with van der Waals surface area (Å²) in [4.78, 5) is 26.5. The van der Waals surface area contributed by atoms with Gasteiger partial charge < -0.3 is 15.5 Å². The summed E-state index contributed by atoms with van der Waals surface area (Å²) in [5, 5.41) is 20.3. The van der Waals surface area contributed by atoms with Crippen LogP contribution in [0.25, 0.3) is 0 Å². The summed E-state index contributed by atoms with van der Waals surface area (Å²) < 4.78 is 0. The van der Waals surface area contributed by atoms with Crippen LogP contribution in [0, 0.1) is 0 Å². The lowest BCUT2D eigenvalue weighted by molar-refractivity contribution is 0.0690. The summed E-state index contributed by atoms with van der Waals surface area (Å²) in [5.74, 6) is -1.39. The molecule has 102 valence electrons. The normalized spacial score (nSPS) is 10.1. The molecule has 1 aromatic heterocycles. The van der Waals surface area contributed by atoms with Gasteiger partial charge in [0, 0.05) is 5.56 Å². The predicted octanol–water partition coefficient (Wildman–Crippen LogP) is 1.52. The monoisotopic (exact) mass is 272 g/mol. The molecule has 0 atom stereocenters. The lowest BCUT2D eigenvalue weighted by Gasteiger charge is -2.05. The Balaban J connectivity index is 2.14. The van der Waals surface area contributed by atoms with E-state index in [1.165, 1.54) is 18.2 Å². The first kappa shape index (κ1) is 13.7. The summed E-state index contributed by atoms with van der Waals surface area (Å²) in [6, 6.07) is 10.8. The largest absolute Gasteiger partial charge is 0.477 e. The van der Waals surface area contributed by atoms with Gasteiger partial charge in [-0.2, -0.15) is 0 Å². The van der Waals surface area contributed by atoms with Crippen LogP contribution in [0.1, 0.15) is 26.4 Å². The maximum atomic E-state index is 11.9. The molecule has 0 saturated carbocycles. The molecule has 0 fully saturated rings. The van der Waals surface area contributed by atoms with Crippen molar-refractivity contribution in [2.24, 2.45) is 0 Å². The number of aromatic nitrogens is 1. The highest BCUT2D eigenvalue weighted by Crippen LogP contribution is 2.09. The van der Waals surface area contributed by atoms with Crippen LogP contribution in [0.4, 0.5) is 5.82 Å². The van der Waals surface area contributed by atoms with E-state index in [-0.39, 0.29) is 18.1 Å². The summed E-state index contributed by atoms with van der Waals surface area (Å²) >= 11 is 0. The fraction of sp³-hybridized carbons (Fsp3) is 0.0714. The van der Waals surface area contributed by atoms with Crippen molar-refractivity contribution in [3.05, 3.63) is 59.3 Å². The average molecular weight is 272 g/mol. The van der Waals surface area contributed by atoms with E-state index < -0.39 is 11.9 Å². The molecule has 6 heteroatoms. The number of pyridine rings is 1. The number of benzene rings is 1. The summed E-state index contributed by atoms with van der Waals surface area (Å²) in [6.07, 6.45) is 0. The number of carbonyl (C=O) groups is 2. The van der Waals surface area contributed by atoms with E-state index in [1.54, 1.807) is 24.3 Å². The zero-order valence-corrected chi connectivity index (χ0v) is 10.4. The molecule has 0 bridgehead atoms. The van der Waals surface area contributed by atoms with Gasteiger partial charge in [-0.3, -0.25) is 4.79 Å². The van der Waals surface area contributed by atoms with E-state index in [0.29, 0.717) is 11.1 Å². The molecule has 0 spiro atoms. The Bertz CT molecular complexity index is 638. The van der Waals surface area contributed by atoms with Crippen LogP contribution in [0.3, 0.4) is 0 Å². The van der Waals surface area contributed by atoms with Gasteiger partial charge in [-0.05, 0) is 29.8 Å². The van der Waals surface area contributed by atoms with Gasteiger partial charge in [0.05, 0.1) is 6.61 Å². The smallest absolute Gasteiger partial charge is 0.354 e. The van der Waals surface area contributed by atoms with Crippen molar-refractivity contribution in [1.82, 2.24) is 4.98 Å². The van der Waals surface area contributed by atoms with Gasteiger partial charge in [-0.1, -0.05) is 18.2 Å². The van der Waals surface area contributed by atoms with Crippen molar-refractivity contribution in [1.29, 1.82) is 0 Å². The van der Waals surface area contributed by atoms with Gasteiger partial charge in [0.25, 0.3) is 5.91 Å². The fourth-order valence-corrected chi connectivity index (χ4v) is 1.57. The van der Waals surface area contributed by atoms with Crippen molar-refractivity contribution in [3.63, 3.8) is 0 Å². The first-order valence-electron chi connectivity index (χ1n) is 5.81. The number of hydrogen-bond acceptors (Lipinski definition) is 4. The third-order valence-electron chi connectivity index (χ3n) is 2.61. The van der Waals surface area contributed by atoms with Gasteiger partial charge in [0.1, 0.15) is 5.82 Å². The molecule has 6 nitrogen and oxygen atoms in total. The minimum atomic E-state index is -1.16. The average Bonchev–Trinajstić information content (AvgIpc) is 2.47. The van der Waals surface area contributed by atoms with E-state index >= 15 is 0 Å². The van der Waals surface area contributed by atoms with Gasteiger partial charge >= 0.3 is 5.97 Å². The molecule has 2 rings (SSSR count). The third-order valence-corrected chi connectivity index (χ3v) is 2.61. The number of hydrogen-bond donors (Lipinski definition) is 3. The predicted molar refractivity (Wildman–Crippen MR) is 71.5 cm³/mol. The molecule has 2 aromatic rings. The Morgan fingerprint density at radius 1 is 1.10 bits per heavy atom.